The van der Waals surface area contributed by atoms with Crippen molar-refractivity contribution in [3.8, 4) is 0 Å². The molecule has 4 heteroatoms. The molecule has 0 bridgehead atoms. The van der Waals surface area contributed by atoms with E-state index in [-0.39, 0.29) is 0 Å². The Hall–Kier alpha value is -1.16. The van der Waals surface area contributed by atoms with Gasteiger partial charge >= 0.3 is 5.97 Å². The van der Waals surface area contributed by atoms with Crippen molar-refractivity contribution in [3.63, 3.8) is 0 Å². The maximum absolute atomic E-state index is 11.6. The molecule has 4 nitrogen and oxygen atoms in total. The first-order valence-electron chi connectivity index (χ1n) is 5.42. The van der Waals surface area contributed by atoms with Gasteiger partial charge < -0.3 is 10.5 Å². The summed E-state index contributed by atoms with van der Waals surface area (Å²) in [6.07, 6.45) is 3.91. The van der Waals surface area contributed by atoms with Crippen LogP contribution in [0.5, 0.6) is 0 Å². The first kappa shape index (κ1) is 14.8. The fraction of sp³-hybridized carbons (Fsp3) is 0.667. The van der Waals surface area contributed by atoms with Gasteiger partial charge in [-0.3, -0.25) is 9.79 Å². The van der Waals surface area contributed by atoms with E-state index in [9.17, 15) is 4.79 Å². The minimum atomic E-state index is -0.658. The third-order valence-electron chi connectivity index (χ3n) is 1.77. The van der Waals surface area contributed by atoms with Crippen LogP contribution in [0.25, 0.3) is 0 Å². The number of hydrogen-bond acceptors (Lipinski definition) is 4. The van der Waals surface area contributed by atoms with Gasteiger partial charge in [-0.15, -0.1) is 0 Å². The van der Waals surface area contributed by atoms with Crippen LogP contribution in [0.1, 0.15) is 41.0 Å². The number of rotatable bonds is 4. The summed E-state index contributed by atoms with van der Waals surface area (Å²) in [4.78, 5) is 15.7. The van der Waals surface area contributed by atoms with Crippen LogP contribution in [-0.2, 0) is 9.53 Å². The zero-order valence-electron chi connectivity index (χ0n) is 10.8. The van der Waals surface area contributed by atoms with Crippen LogP contribution in [0.15, 0.2) is 16.8 Å². The molecular formula is C12H22N2O2. The second-order valence-corrected chi connectivity index (χ2v) is 4.51. The lowest BCUT2D eigenvalue weighted by Crippen LogP contribution is -2.37. The van der Waals surface area contributed by atoms with Crippen LogP contribution in [0.3, 0.4) is 0 Å². The van der Waals surface area contributed by atoms with Gasteiger partial charge in [0, 0.05) is 18.3 Å². The topological polar surface area (TPSA) is 64.7 Å². The summed E-state index contributed by atoms with van der Waals surface area (Å²) in [5, 5.41) is 0. The van der Waals surface area contributed by atoms with Gasteiger partial charge in [-0.1, -0.05) is 6.08 Å². The van der Waals surface area contributed by atoms with Gasteiger partial charge in [0.25, 0.3) is 0 Å². The highest BCUT2D eigenvalue weighted by atomic mass is 16.6. The summed E-state index contributed by atoms with van der Waals surface area (Å²) in [6, 6.07) is -0.658. The summed E-state index contributed by atoms with van der Waals surface area (Å²) in [6.45, 7) is 9.14. The zero-order chi connectivity index (χ0) is 12.8. The summed E-state index contributed by atoms with van der Waals surface area (Å²) < 4.78 is 5.18. The fourth-order valence-electron chi connectivity index (χ4n) is 1.10. The van der Waals surface area contributed by atoms with E-state index >= 15 is 0 Å². The molecule has 0 aliphatic rings. The molecule has 0 saturated heterocycles. The molecule has 0 rings (SSSR count). The lowest BCUT2D eigenvalue weighted by Gasteiger charge is -2.22. The number of aliphatic imine (C=N–C) groups is 1. The molecule has 0 aromatic rings. The molecule has 0 fully saturated rings. The fourth-order valence-corrected chi connectivity index (χ4v) is 1.10. The number of nitrogens with two attached hydrogens (primary N) is 1. The second kappa shape index (κ2) is 6.43. The zero-order valence-corrected chi connectivity index (χ0v) is 10.8. The molecule has 0 amide bonds. The second-order valence-electron chi connectivity index (χ2n) is 4.51. The Morgan fingerprint density at radius 3 is 2.38 bits per heavy atom. The normalized spacial score (nSPS) is 15.2. The highest BCUT2D eigenvalue weighted by Crippen LogP contribution is 2.12. The molecule has 16 heavy (non-hydrogen) atoms. The monoisotopic (exact) mass is 226 g/mol. The summed E-state index contributed by atoms with van der Waals surface area (Å²) >= 11 is 0. The van der Waals surface area contributed by atoms with Crippen molar-refractivity contribution >= 4 is 12.2 Å². The molecule has 1 atom stereocenters. The third-order valence-corrected chi connectivity index (χ3v) is 1.77. The lowest BCUT2D eigenvalue weighted by atomic mass is 10.1. The van der Waals surface area contributed by atoms with Crippen molar-refractivity contribution in [3.05, 3.63) is 11.8 Å². The van der Waals surface area contributed by atoms with E-state index in [0.29, 0.717) is 6.42 Å². The Labute approximate surface area is 97.6 Å². The number of allylic oxidation sites excluding steroid dienone is 1. The van der Waals surface area contributed by atoms with Crippen LogP contribution in [0.4, 0.5) is 0 Å². The van der Waals surface area contributed by atoms with Crippen molar-refractivity contribution in [2.24, 2.45) is 10.7 Å². The number of hydrogen-bond donors (Lipinski definition) is 1. The number of carbonyl (C=O) groups is 1. The molecule has 0 spiro atoms. The van der Waals surface area contributed by atoms with E-state index in [2.05, 4.69) is 4.99 Å². The minimum absolute atomic E-state index is 0.391. The van der Waals surface area contributed by atoms with Crippen molar-refractivity contribution in [1.29, 1.82) is 0 Å². The molecular weight excluding hydrogens is 204 g/mol. The van der Waals surface area contributed by atoms with E-state index in [1.165, 1.54) is 0 Å². The quantitative estimate of drug-likeness (QED) is 0.589. The Balaban J connectivity index is 4.36. The predicted octanol–water partition coefficient (Wildman–Crippen LogP) is 2.04. The van der Waals surface area contributed by atoms with Crippen LogP contribution >= 0.6 is 0 Å². The Kier molecular flexibility index (Phi) is 5.96. The van der Waals surface area contributed by atoms with Crippen LogP contribution < -0.4 is 5.73 Å². The average Bonchev–Trinajstić information content (AvgIpc) is 2.14. The average molecular weight is 226 g/mol. The molecule has 0 heterocycles. The summed E-state index contributed by atoms with van der Waals surface area (Å²) in [5.74, 6) is -0.391. The maximum Gasteiger partial charge on any atom is 0.323 e. The largest absolute Gasteiger partial charge is 0.459 e. The van der Waals surface area contributed by atoms with Crippen LogP contribution in [-0.4, -0.2) is 23.8 Å². The third kappa shape index (κ3) is 6.35. The molecule has 0 aromatic carbocycles. The first-order valence-corrected chi connectivity index (χ1v) is 5.42. The SMILES string of the molecule is CC=N/C(=C\C)C[C@H](N)C(=O)OC(C)(C)C. The predicted molar refractivity (Wildman–Crippen MR) is 66.4 cm³/mol. The minimum Gasteiger partial charge on any atom is -0.459 e. The van der Waals surface area contributed by atoms with Gasteiger partial charge in [-0.05, 0) is 34.6 Å². The number of esters is 1. The van der Waals surface area contributed by atoms with E-state index in [1.807, 2.05) is 40.7 Å². The van der Waals surface area contributed by atoms with Crippen molar-refractivity contribution in [2.75, 3.05) is 0 Å². The lowest BCUT2D eigenvalue weighted by molar-refractivity contribution is -0.156. The molecule has 92 valence electrons. The van der Waals surface area contributed by atoms with Gasteiger partial charge in [-0.2, -0.15) is 0 Å². The standard InChI is InChI=1S/C12H22N2O2/c1-6-9(14-7-2)8-10(13)11(15)16-12(3,4)5/h6-7,10H,8,13H2,1-5H3/b9-6-,14-7?/t10-/m0/s1. The maximum atomic E-state index is 11.6. The van der Waals surface area contributed by atoms with Gasteiger partial charge in [0.15, 0.2) is 0 Å². The Morgan fingerprint density at radius 1 is 1.44 bits per heavy atom. The Morgan fingerprint density at radius 2 is 2.00 bits per heavy atom. The van der Waals surface area contributed by atoms with Gasteiger partial charge in [-0.25, -0.2) is 0 Å². The van der Waals surface area contributed by atoms with E-state index < -0.39 is 17.6 Å². The van der Waals surface area contributed by atoms with Gasteiger partial charge in [0.1, 0.15) is 11.6 Å². The molecule has 0 aromatic heterocycles. The van der Waals surface area contributed by atoms with Gasteiger partial charge in [0.2, 0.25) is 0 Å². The number of carbonyl (C=O) groups excluding carboxylic acids is 1. The molecule has 0 radical (unpaired) electrons. The molecule has 0 aliphatic carbocycles. The van der Waals surface area contributed by atoms with Crippen LogP contribution in [0, 0.1) is 0 Å². The molecule has 2 N–H and O–H groups in total. The van der Waals surface area contributed by atoms with Crippen LogP contribution in [0.2, 0.25) is 0 Å². The summed E-state index contributed by atoms with van der Waals surface area (Å²) in [5.41, 5.74) is 6.03. The van der Waals surface area contributed by atoms with Crippen molar-refractivity contribution < 1.29 is 9.53 Å². The molecule has 0 saturated carbocycles. The highest BCUT2D eigenvalue weighted by molar-refractivity contribution is 5.76. The summed E-state index contributed by atoms with van der Waals surface area (Å²) in [7, 11) is 0. The number of nitrogens with zero attached hydrogens (tertiary/aromatic N) is 1. The molecule has 0 unspecified atom stereocenters. The van der Waals surface area contributed by atoms with Crippen molar-refractivity contribution in [1.82, 2.24) is 0 Å². The highest BCUT2D eigenvalue weighted by Gasteiger charge is 2.22. The Bertz CT molecular complexity index is 288. The smallest absolute Gasteiger partial charge is 0.323 e. The first-order chi connectivity index (χ1) is 7.30. The van der Waals surface area contributed by atoms with E-state index in [0.717, 1.165) is 5.70 Å². The molecule has 0 aliphatic heterocycles. The van der Waals surface area contributed by atoms with Crippen molar-refractivity contribution in [2.45, 2.75) is 52.7 Å². The van der Waals surface area contributed by atoms with E-state index in [4.69, 9.17) is 10.5 Å². The van der Waals surface area contributed by atoms with Gasteiger partial charge in [0.05, 0.1) is 0 Å². The van der Waals surface area contributed by atoms with E-state index in [1.54, 1.807) is 6.21 Å². The number of ether oxygens (including phenoxy) is 1.